The molecule has 0 spiro atoms. The molecule has 7 nitrogen and oxygen atoms in total. The van der Waals surface area contributed by atoms with E-state index in [2.05, 4.69) is 5.32 Å². The Bertz CT molecular complexity index is 908. The zero-order valence-electron chi connectivity index (χ0n) is 15.5. The van der Waals surface area contributed by atoms with Crippen LogP contribution in [-0.2, 0) is 9.59 Å². The number of hydrogen-bond donors (Lipinski definition) is 1. The van der Waals surface area contributed by atoms with Gasteiger partial charge in [0.15, 0.2) is 5.88 Å². The molecule has 0 atom stereocenters. The van der Waals surface area contributed by atoms with Crippen LogP contribution in [0.2, 0.25) is 0 Å². The standard InChI is InChI=1S/C20H21N3O4/c1-4-22(5-2)17-11-10-15(27-17)12-16-18(24)21-20(26)23(19(16)25)14-8-6-13(3)7-9-14/h6-12H,4-5H2,1-3H3,(H,21,24,26)/b16-12-. The minimum atomic E-state index is -0.769. The summed E-state index contributed by atoms with van der Waals surface area (Å²) in [5.41, 5.74) is 1.23. The van der Waals surface area contributed by atoms with Gasteiger partial charge in [0, 0.05) is 19.2 Å². The lowest BCUT2D eigenvalue weighted by Crippen LogP contribution is -2.54. The number of amides is 4. The van der Waals surface area contributed by atoms with Gasteiger partial charge in [-0.3, -0.25) is 14.9 Å². The van der Waals surface area contributed by atoms with Crippen LogP contribution < -0.4 is 15.1 Å². The number of nitrogens with zero attached hydrogens (tertiary/aromatic N) is 2. The van der Waals surface area contributed by atoms with E-state index in [1.54, 1.807) is 36.4 Å². The number of benzene rings is 1. The molecule has 0 unspecified atom stereocenters. The summed E-state index contributed by atoms with van der Waals surface area (Å²) in [5, 5.41) is 2.20. The quantitative estimate of drug-likeness (QED) is 0.649. The predicted octanol–water partition coefficient (Wildman–Crippen LogP) is 3.10. The molecule has 7 heteroatoms. The maximum absolute atomic E-state index is 12.8. The topological polar surface area (TPSA) is 82.9 Å². The average molecular weight is 367 g/mol. The Kier molecular flexibility index (Phi) is 5.12. The molecule has 1 fully saturated rings. The van der Waals surface area contributed by atoms with Crippen molar-refractivity contribution in [3.8, 4) is 0 Å². The van der Waals surface area contributed by atoms with Crippen LogP contribution in [0.1, 0.15) is 25.2 Å². The third-order valence-electron chi connectivity index (χ3n) is 4.37. The molecule has 4 amide bonds. The molecular formula is C20H21N3O4. The SMILES string of the molecule is CCN(CC)c1ccc(/C=C2/C(=O)NC(=O)N(c3ccc(C)cc3)C2=O)o1. The van der Waals surface area contributed by atoms with Gasteiger partial charge in [0.25, 0.3) is 11.8 Å². The highest BCUT2D eigenvalue weighted by Crippen LogP contribution is 2.24. The summed E-state index contributed by atoms with van der Waals surface area (Å²) in [6.45, 7) is 7.46. The number of urea groups is 1. The second kappa shape index (κ2) is 7.49. The average Bonchev–Trinajstić information content (AvgIpc) is 3.10. The van der Waals surface area contributed by atoms with Gasteiger partial charge in [0.1, 0.15) is 11.3 Å². The molecular weight excluding hydrogens is 346 g/mol. The molecule has 3 rings (SSSR count). The summed E-state index contributed by atoms with van der Waals surface area (Å²) in [6, 6.07) is 9.60. The molecule has 1 saturated heterocycles. The smallest absolute Gasteiger partial charge is 0.335 e. The van der Waals surface area contributed by atoms with E-state index in [9.17, 15) is 14.4 Å². The van der Waals surface area contributed by atoms with Gasteiger partial charge < -0.3 is 9.32 Å². The Balaban J connectivity index is 1.93. The van der Waals surface area contributed by atoms with Gasteiger partial charge in [0.05, 0.1) is 5.69 Å². The van der Waals surface area contributed by atoms with E-state index in [1.807, 2.05) is 25.7 Å². The first kappa shape index (κ1) is 18.4. The molecule has 0 bridgehead atoms. The fourth-order valence-corrected chi connectivity index (χ4v) is 2.85. The zero-order chi connectivity index (χ0) is 19.6. The highest BCUT2D eigenvalue weighted by molar-refractivity contribution is 6.39. The number of hydrogen-bond acceptors (Lipinski definition) is 5. The van der Waals surface area contributed by atoms with Crippen molar-refractivity contribution in [2.75, 3.05) is 22.9 Å². The molecule has 0 radical (unpaired) electrons. The number of aryl methyl sites for hydroxylation is 1. The number of imide groups is 2. The molecule has 27 heavy (non-hydrogen) atoms. The third kappa shape index (κ3) is 3.62. The lowest BCUT2D eigenvalue weighted by atomic mass is 10.1. The van der Waals surface area contributed by atoms with Crippen molar-refractivity contribution in [2.24, 2.45) is 0 Å². The van der Waals surface area contributed by atoms with Crippen LogP contribution in [0.3, 0.4) is 0 Å². The fraction of sp³-hybridized carbons (Fsp3) is 0.250. The van der Waals surface area contributed by atoms with Crippen LogP contribution in [0.5, 0.6) is 0 Å². The Labute approximate surface area is 157 Å². The van der Waals surface area contributed by atoms with Crippen molar-refractivity contribution in [2.45, 2.75) is 20.8 Å². The minimum Gasteiger partial charge on any atom is -0.441 e. The van der Waals surface area contributed by atoms with Gasteiger partial charge in [-0.1, -0.05) is 17.7 Å². The lowest BCUT2D eigenvalue weighted by molar-refractivity contribution is -0.122. The summed E-state index contributed by atoms with van der Waals surface area (Å²) in [7, 11) is 0. The molecule has 1 aromatic carbocycles. The largest absolute Gasteiger partial charge is 0.441 e. The molecule has 1 aliphatic heterocycles. The van der Waals surface area contributed by atoms with Gasteiger partial charge in [-0.25, -0.2) is 9.69 Å². The number of nitrogens with one attached hydrogen (secondary N) is 1. The molecule has 2 heterocycles. The first-order valence-corrected chi connectivity index (χ1v) is 8.77. The van der Waals surface area contributed by atoms with Gasteiger partial charge in [-0.15, -0.1) is 0 Å². The minimum absolute atomic E-state index is 0.157. The fourth-order valence-electron chi connectivity index (χ4n) is 2.85. The maximum atomic E-state index is 12.8. The second-order valence-corrected chi connectivity index (χ2v) is 6.14. The summed E-state index contributed by atoms with van der Waals surface area (Å²) in [4.78, 5) is 40.2. The first-order valence-electron chi connectivity index (χ1n) is 8.77. The third-order valence-corrected chi connectivity index (χ3v) is 4.37. The molecule has 1 N–H and O–H groups in total. The van der Waals surface area contributed by atoms with Crippen molar-refractivity contribution in [3.63, 3.8) is 0 Å². The summed E-state index contributed by atoms with van der Waals surface area (Å²) in [6.07, 6.45) is 1.36. The normalized spacial score (nSPS) is 16.0. The van der Waals surface area contributed by atoms with E-state index in [4.69, 9.17) is 4.42 Å². The predicted molar refractivity (Wildman–Crippen MR) is 102 cm³/mol. The summed E-state index contributed by atoms with van der Waals surface area (Å²) >= 11 is 0. The van der Waals surface area contributed by atoms with Crippen molar-refractivity contribution in [1.82, 2.24) is 5.32 Å². The van der Waals surface area contributed by atoms with E-state index < -0.39 is 17.8 Å². The highest BCUT2D eigenvalue weighted by Gasteiger charge is 2.37. The molecule has 140 valence electrons. The molecule has 1 aliphatic rings. The first-order chi connectivity index (χ1) is 12.9. The van der Waals surface area contributed by atoms with E-state index in [0.717, 1.165) is 23.6 Å². The van der Waals surface area contributed by atoms with Gasteiger partial charge >= 0.3 is 6.03 Å². The number of rotatable bonds is 5. The molecule has 0 saturated carbocycles. The Morgan fingerprint density at radius 1 is 1.04 bits per heavy atom. The van der Waals surface area contributed by atoms with E-state index in [0.29, 0.717) is 17.3 Å². The van der Waals surface area contributed by atoms with E-state index in [1.165, 1.54) is 6.08 Å². The molecule has 1 aromatic heterocycles. The van der Waals surface area contributed by atoms with Gasteiger partial charge in [0.2, 0.25) is 0 Å². The lowest BCUT2D eigenvalue weighted by Gasteiger charge is -2.26. The van der Waals surface area contributed by atoms with Crippen LogP contribution in [0, 0.1) is 6.92 Å². The Hall–Kier alpha value is -3.35. The number of carbonyl (C=O) groups excluding carboxylic acids is 3. The number of anilines is 2. The van der Waals surface area contributed by atoms with E-state index in [-0.39, 0.29) is 5.57 Å². The Morgan fingerprint density at radius 2 is 1.70 bits per heavy atom. The monoisotopic (exact) mass is 367 g/mol. The Morgan fingerprint density at radius 3 is 2.33 bits per heavy atom. The van der Waals surface area contributed by atoms with Crippen molar-refractivity contribution in [1.29, 1.82) is 0 Å². The van der Waals surface area contributed by atoms with E-state index >= 15 is 0 Å². The molecule has 2 aromatic rings. The number of barbiturate groups is 1. The van der Waals surface area contributed by atoms with Crippen molar-refractivity contribution < 1.29 is 18.8 Å². The summed E-state index contributed by atoms with van der Waals surface area (Å²) < 4.78 is 5.72. The van der Waals surface area contributed by atoms with Gasteiger partial charge in [-0.05, 0) is 45.0 Å². The van der Waals surface area contributed by atoms with Crippen molar-refractivity contribution >= 4 is 35.5 Å². The van der Waals surface area contributed by atoms with Crippen molar-refractivity contribution in [3.05, 3.63) is 53.3 Å². The zero-order valence-corrected chi connectivity index (χ0v) is 15.5. The molecule has 0 aliphatic carbocycles. The number of furan rings is 1. The summed E-state index contributed by atoms with van der Waals surface area (Å²) in [5.74, 6) is -0.405. The van der Waals surface area contributed by atoms with Crippen LogP contribution >= 0.6 is 0 Å². The van der Waals surface area contributed by atoms with Crippen LogP contribution in [0.4, 0.5) is 16.4 Å². The second-order valence-electron chi connectivity index (χ2n) is 6.14. The maximum Gasteiger partial charge on any atom is 0.335 e. The van der Waals surface area contributed by atoms with Crippen LogP contribution in [-0.4, -0.2) is 30.9 Å². The highest BCUT2D eigenvalue weighted by atomic mass is 16.4. The number of carbonyl (C=O) groups is 3. The van der Waals surface area contributed by atoms with Crippen LogP contribution in [0.25, 0.3) is 6.08 Å². The van der Waals surface area contributed by atoms with Crippen LogP contribution in [0.15, 0.2) is 46.4 Å². The van der Waals surface area contributed by atoms with Gasteiger partial charge in [-0.2, -0.15) is 0 Å².